The number of nitrogens with one attached hydrogen (secondary N) is 1. The molecule has 0 radical (unpaired) electrons. The molecule has 1 aliphatic rings. The minimum Gasteiger partial charge on any atom is -0.361 e. The Bertz CT molecular complexity index is 774. The third kappa shape index (κ3) is 2.78. The second kappa shape index (κ2) is 5.92. The molecule has 3 N–H and O–H groups in total. The third-order valence-electron chi connectivity index (χ3n) is 3.73. The van der Waals surface area contributed by atoms with Crippen LogP contribution >= 0.6 is 0 Å². The van der Waals surface area contributed by atoms with Gasteiger partial charge in [0, 0.05) is 11.3 Å². The average Bonchev–Trinajstić information content (AvgIpc) is 2.82. The number of rotatable bonds is 3. The molecule has 0 aliphatic carbocycles. The summed E-state index contributed by atoms with van der Waals surface area (Å²) >= 11 is 0. The van der Waals surface area contributed by atoms with Gasteiger partial charge in [-0.25, -0.2) is 0 Å². The van der Waals surface area contributed by atoms with E-state index >= 15 is 0 Å². The molecule has 23 heavy (non-hydrogen) atoms. The Balaban J connectivity index is 1.92. The topological polar surface area (TPSA) is 92.5 Å². The van der Waals surface area contributed by atoms with Crippen molar-refractivity contribution in [2.24, 2.45) is 5.73 Å². The van der Waals surface area contributed by atoms with Crippen molar-refractivity contribution in [2.45, 2.75) is 12.6 Å². The van der Waals surface area contributed by atoms with Gasteiger partial charge in [0.2, 0.25) is 0 Å². The molecule has 6 heteroatoms. The predicted molar refractivity (Wildman–Crippen MR) is 84.2 cm³/mol. The summed E-state index contributed by atoms with van der Waals surface area (Å²) < 4.78 is 0. The first kappa shape index (κ1) is 14.8. The molecule has 2 aromatic rings. The maximum atomic E-state index is 12.7. The Morgan fingerprint density at radius 1 is 1.04 bits per heavy atom. The van der Waals surface area contributed by atoms with Crippen LogP contribution in [0.15, 0.2) is 54.6 Å². The van der Waals surface area contributed by atoms with Crippen molar-refractivity contribution < 1.29 is 14.4 Å². The smallest absolute Gasteiger partial charge is 0.309 e. The molecule has 2 aromatic carbocycles. The zero-order chi connectivity index (χ0) is 16.4. The zero-order valence-corrected chi connectivity index (χ0v) is 12.2. The normalized spacial score (nSPS) is 16.1. The van der Waals surface area contributed by atoms with Crippen molar-refractivity contribution in [3.8, 4) is 0 Å². The number of para-hydroxylation sites is 1. The molecular formula is C17H15N3O3. The molecule has 0 bridgehead atoms. The maximum absolute atomic E-state index is 12.7. The van der Waals surface area contributed by atoms with E-state index in [9.17, 15) is 14.4 Å². The first-order chi connectivity index (χ1) is 11.1. The number of hydrogen-bond acceptors (Lipinski definition) is 3. The van der Waals surface area contributed by atoms with Gasteiger partial charge in [0.1, 0.15) is 6.04 Å². The van der Waals surface area contributed by atoms with Gasteiger partial charge in [-0.1, -0.05) is 48.5 Å². The Morgan fingerprint density at radius 2 is 1.70 bits per heavy atom. The van der Waals surface area contributed by atoms with E-state index in [0.717, 1.165) is 11.3 Å². The second-order valence-corrected chi connectivity index (χ2v) is 5.24. The summed E-state index contributed by atoms with van der Waals surface area (Å²) in [6.45, 7) is 0.389. The Labute approximate surface area is 132 Å². The maximum Gasteiger partial charge on any atom is 0.309 e. The van der Waals surface area contributed by atoms with Crippen LogP contribution in [0, 0.1) is 0 Å². The van der Waals surface area contributed by atoms with E-state index in [2.05, 4.69) is 5.32 Å². The lowest BCUT2D eigenvalue weighted by atomic mass is 10.1. The highest BCUT2D eigenvalue weighted by molar-refractivity contribution is 6.35. The number of nitrogens with two attached hydrogens (primary N) is 1. The number of benzene rings is 2. The van der Waals surface area contributed by atoms with Gasteiger partial charge in [-0.3, -0.25) is 14.4 Å². The highest BCUT2D eigenvalue weighted by atomic mass is 16.2. The SMILES string of the molecule is NC(=O)C(=O)N[C@H]1C(=O)N(Cc2ccccc2)c2ccccc21. The second-order valence-electron chi connectivity index (χ2n) is 5.24. The quantitative estimate of drug-likeness (QED) is 0.824. The summed E-state index contributed by atoms with van der Waals surface area (Å²) in [6, 6.07) is 15.8. The molecule has 0 saturated heterocycles. The molecule has 0 saturated carbocycles. The van der Waals surface area contributed by atoms with E-state index < -0.39 is 17.9 Å². The predicted octanol–water partition coefficient (Wildman–Crippen LogP) is 0.876. The monoisotopic (exact) mass is 309 g/mol. The first-order valence-corrected chi connectivity index (χ1v) is 7.12. The van der Waals surface area contributed by atoms with E-state index in [0.29, 0.717) is 12.1 Å². The number of nitrogens with zero attached hydrogens (tertiary/aromatic N) is 1. The van der Waals surface area contributed by atoms with E-state index in [1.54, 1.807) is 17.0 Å². The highest BCUT2D eigenvalue weighted by Gasteiger charge is 2.38. The Morgan fingerprint density at radius 3 is 2.39 bits per heavy atom. The Kier molecular flexibility index (Phi) is 3.80. The number of carbonyl (C=O) groups is 3. The molecule has 6 nitrogen and oxygen atoms in total. The fourth-order valence-electron chi connectivity index (χ4n) is 2.66. The van der Waals surface area contributed by atoms with Gasteiger partial charge in [-0.05, 0) is 11.6 Å². The van der Waals surface area contributed by atoms with Crippen molar-refractivity contribution in [1.29, 1.82) is 0 Å². The van der Waals surface area contributed by atoms with Crippen molar-refractivity contribution >= 4 is 23.4 Å². The van der Waals surface area contributed by atoms with Crippen LogP contribution in [0.3, 0.4) is 0 Å². The largest absolute Gasteiger partial charge is 0.361 e. The molecule has 3 rings (SSSR count). The van der Waals surface area contributed by atoms with Gasteiger partial charge in [0.05, 0.1) is 6.54 Å². The standard InChI is InChI=1S/C17H15N3O3/c18-15(21)16(22)19-14-12-8-4-5-9-13(12)20(17(14)23)10-11-6-2-1-3-7-11/h1-9,14H,10H2,(H2,18,21)(H,19,22)/t14-/m1/s1. The molecule has 3 amide bonds. The number of fused-ring (bicyclic) bond motifs is 1. The lowest BCUT2D eigenvalue weighted by Crippen LogP contribution is -2.42. The number of amides is 3. The van der Waals surface area contributed by atoms with Gasteiger partial charge >= 0.3 is 11.8 Å². The molecule has 1 atom stereocenters. The lowest BCUT2D eigenvalue weighted by molar-refractivity contribution is -0.138. The minimum atomic E-state index is -1.11. The van der Waals surface area contributed by atoms with Crippen LogP contribution in [-0.2, 0) is 20.9 Å². The van der Waals surface area contributed by atoms with Crippen LogP contribution in [0.1, 0.15) is 17.2 Å². The molecule has 116 valence electrons. The van der Waals surface area contributed by atoms with Gasteiger partial charge in [0.25, 0.3) is 5.91 Å². The molecule has 0 unspecified atom stereocenters. The van der Waals surface area contributed by atoms with E-state index in [4.69, 9.17) is 5.73 Å². The zero-order valence-electron chi connectivity index (χ0n) is 12.2. The van der Waals surface area contributed by atoms with Crippen LogP contribution in [0.4, 0.5) is 5.69 Å². The number of primary amides is 1. The summed E-state index contributed by atoms with van der Waals surface area (Å²) in [5.74, 6) is -2.37. The molecule has 0 spiro atoms. The van der Waals surface area contributed by atoms with Gasteiger partial charge in [0.15, 0.2) is 0 Å². The Hall–Kier alpha value is -3.15. The van der Waals surface area contributed by atoms with E-state index in [1.165, 1.54) is 0 Å². The molecule has 1 heterocycles. The third-order valence-corrected chi connectivity index (χ3v) is 3.73. The van der Waals surface area contributed by atoms with Crippen LogP contribution in [0.2, 0.25) is 0 Å². The average molecular weight is 309 g/mol. The fourth-order valence-corrected chi connectivity index (χ4v) is 2.66. The van der Waals surface area contributed by atoms with Crippen LogP contribution < -0.4 is 16.0 Å². The number of anilines is 1. The van der Waals surface area contributed by atoms with Crippen molar-refractivity contribution in [2.75, 3.05) is 4.90 Å². The highest BCUT2D eigenvalue weighted by Crippen LogP contribution is 2.36. The summed E-state index contributed by atoms with van der Waals surface area (Å²) in [6.07, 6.45) is 0. The van der Waals surface area contributed by atoms with Crippen molar-refractivity contribution in [3.63, 3.8) is 0 Å². The number of carbonyl (C=O) groups excluding carboxylic acids is 3. The molecule has 1 aliphatic heterocycles. The van der Waals surface area contributed by atoms with Gasteiger partial charge in [-0.2, -0.15) is 0 Å². The summed E-state index contributed by atoms with van der Waals surface area (Å²) in [5.41, 5.74) is 7.31. The fraction of sp³-hybridized carbons (Fsp3) is 0.118. The molecular weight excluding hydrogens is 294 g/mol. The first-order valence-electron chi connectivity index (χ1n) is 7.12. The molecule has 0 fully saturated rings. The van der Waals surface area contributed by atoms with Gasteiger partial charge < -0.3 is 16.0 Å². The molecule has 0 aromatic heterocycles. The van der Waals surface area contributed by atoms with E-state index in [1.807, 2.05) is 42.5 Å². The van der Waals surface area contributed by atoms with Crippen molar-refractivity contribution in [3.05, 3.63) is 65.7 Å². The van der Waals surface area contributed by atoms with Crippen LogP contribution in [0.25, 0.3) is 0 Å². The van der Waals surface area contributed by atoms with Crippen molar-refractivity contribution in [1.82, 2.24) is 5.32 Å². The lowest BCUT2D eigenvalue weighted by Gasteiger charge is -2.18. The summed E-state index contributed by atoms with van der Waals surface area (Å²) in [7, 11) is 0. The number of hydrogen-bond donors (Lipinski definition) is 2. The van der Waals surface area contributed by atoms with Crippen LogP contribution in [0.5, 0.6) is 0 Å². The summed E-state index contributed by atoms with van der Waals surface area (Å²) in [5, 5.41) is 2.40. The summed E-state index contributed by atoms with van der Waals surface area (Å²) in [4.78, 5) is 36.8. The van der Waals surface area contributed by atoms with E-state index in [-0.39, 0.29) is 5.91 Å². The van der Waals surface area contributed by atoms with Crippen LogP contribution in [-0.4, -0.2) is 17.7 Å². The minimum absolute atomic E-state index is 0.287. The van der Waals surface area contributed by atoms with Gasteiger partial charge in [-0.15, -0.1) is 0 Å².